The molecule has 0 unspecified atom stereocenters. The van der Waals surface area contributed by atoms with Crippen LogP contribution >= 0.6 is 11.6 Å². The van der Waals surface area contributed by atoms with E-state index in [4.69, 9.17) is 17.0 Å². The number of allylic oxidation sites excluding steroid dienone is 2. The third kappa shape index (κ3) is 3.05. The number of aliphatic imine (C=N–C) groups is 1. The van der Waals surface area contributed by atoms with Crippen LogP contribution in [0.3, 0.4) is 0 Å². The molecule has 1 aliphatic rings. The van der Waals surface area contributed by atoms with Gasteiger partial charge in [-0.05, 0) is 13.0 Å². The second kappa shape index (κ2) is 5.87. The zero-order chi connectivity index (χ0) is 14.7. The summed E-state index contributed by atoms with van der Waals surface area (Å²) in [5.74, 6) is 0.130. The molecule has 20 heavy (non-hydrogen) atoms. The molecular weight excluding hydrogens is 288 g/mol. The summed E-state index contributed by atoms with van der Waals surface area (Å²) in [6, 6.07) is 1.44. The second-order valence-corrected chi connectivity index (χ2v) is 4.28. The topological polar surface area (TPSA) is 74.0 Å². The van der Waals surface area contributed by atoms with E-state index in [1.165, 1.54) is 31.6 Å². The zero-order valence-electron chi connectivity index (χ0n) is 10.4. The standard InChI is InChI=1S/C12H10ClF2N5/c1-6(16)10(8-4-9(13)19-5-18-8)12-17-3-2-7(20-12)11(14)15/h2-5,11,16-17H,1H3/b12-10-,16-6?. The Morgan fingerprint density at radius 3 is 2.75 bits per heavy atom. The zero-order valence-corrected chi connectivity index (χ0v) is 11.1. The van der Waals surface area contributed by atoms with Crippen LogP contribution < -0.4 is 5.32 Å². The summed E-state index contributed by atoms with van der Waals surface area (Å²) in [5.41, 5.74) is 0.372. The lowest BCUT2D eigenvalue weighted by Gasteiger charge is -2.15. The molecule has 2 N–H and O–H groups in total. The molecule has 1 aromatic heterocycles. The van der Waals surface area contributed by atoms with Crippen LogP contribution in [0.4, 0.5) is 8.78 Å². The molecule has 0 atom stereocenters. The predicted octanol–water partition coefficient (Wildman–Crippen LogP) is 2.66. The third-order valence-corrected chi connectivity index (χ3v) is 2.65. The number of aromatic nitrogens is 2. The number of hydrogen-bond donors (Lipinski definition) is 2. The first-order valence-corrected chi connectivity index (χ1v) is 5.94. The average Bonchev–Trinajstić information content (AvgIpc) is 2.39. The molecule has 0 aromatic carbocycles. The highest BCUT2D eigenvalue weighted by Gasteiger charge is 2.19. The Balaban J connectivity index is 2.56. The van der Waals surface area contributed by atoms with E-state index in [9.17, 15) is 8.78 Å². The van der Waals surface area contributed by atoms with Gasteiger partial charge in [-0.1, -0.05) is 11.6 Å². The SMILES string of the molecule is CC(=N)/C(=C1/N=C(C(F)F)C=CN1)c1cc(Cl)ncn1. The first kappa shape index (κ1) is 14.3. The van der Waals surface area contributed by atoms with Crippen molar-refractivity contribution in [3.05, 3.63) is 41.3 Å². The molecule has 0 aliphatic carbocycles. The maximum absolute atomic E-state index is 12.7. The Morgan fingerprint density at radius 2 is 2.15 bits per heavy atom. The largest absolute Gasteiger partial charge is 0.346 e. The number of rotatable bonds is 3. The number of alkyl halides is 2. The summed E-state index contributed by atoms with van der Waals surface area (Å²) in [5, 5.41) is 10.7. The molecule has 0 amide bonds. The molecule has 8 heteroatoms. The maximum Gasteiger partial charge on any atom is 0.280 e. The van der Waals surface area contributed by atoms with E-state index >= 15 is 0 Å². The summed E-state index contributed by atoms with van der Waals surface area (Å²) >= 11 is 5.78. The minimum absolute atomic E-state index is 0.120. The van der Waals surface area contributed by atoms with E-state index in [0.29, 0.717) is 5.69 Å². The number of hydrogen-bond acceptors (Lipinski definition) is 5. The first-order valence-electron chi connectivity index (χ1n) is 5.56. The van der Waals surface area contributed by atoms with Crippen molar-refractivity contribution in [2.75, 3.05) is 0 Å². The fourth-order valence-corrected chi connectivity index (χ4v) is 1.76. The Morgan fingerprint density at radius 1 is 1.40 bits per heavy atom. The minimum atomic E-state index is -2.69. The fourth-order valence-electron chi connectivity index (χ4n) is 1.62. The first-order chi connectivity index (χ1) is 9.49. The average molecular weight is 298 g/mol. The van der Waals surface area contributed by atoms with Crippen LogP contribution in [-0.4, -0.2) is 27.8 Å². The molecule has 1 aliphatic heterocycles. The van der Waals surface area contributed by atoms with Gasteiger partial charge in [0.2, 0.25) is 0 Å². The van der Waals surface area contributed by atoms with Gasteiger partial charge in [0.25, 0.3) is 6.43 Å². The summed E-state index contributed by atoms with van der Waals surface area (Å²) in [6.45, 7) is 1.51. The highest BCUT2D eigenvalue weighted by Crippen LogP contribution is 2.21. The van der Waals surface area contributed by atoms with E-state index in [1.54, 1.807) is 0 Å². The molecule has 2 rings (SSSR count). The van der Waals surface area contributed by atoms with Gasteiger partial charge < -0.3 is 10.7 Å². The second-order valence-electron chi connectivity index (χ2n) is 3.89. The maximum atomic E-state index is 12.7. The lowest BCUT2D eigenvalue weighted by molar-refractivity contribution is 0.226. The quantitative estimate of drug-likeness (QED) is 0.665. The van der Waals surface area contributed by atoms with E-state index in [-0.39, 0.29) is 28.0 Å². The van der Waals surface area contributed by atoms with Crippen LogP contribution in [0.1, 0.15) is 12.6 Å². The van der Waals surface area contributed by atoms with E-state index in [0.717, 1.165) is 0 Å². The molecular formula is C12H10ClF2N5. The van der Waals surface area contributed by atoms with Crippen molar-refractivity contribution in [3.8, 4) is 0 Å². The lowest BCUT2D eigenvalue weighted by Crippen LogP contribution is -2.20. The highest BCUT2D eigenvalue weighted by molar-refractivity contribution is 6.30. The highest BCUT2D eigenvalue weighted by atomic mass is 35.5. The van der Waals surface area contributed by atoms with Gasteiger partial charge in [-0.3, -0.25) is 0 Å². The van der Waals surface area contributed by atoms with Crippen molar-refractivity contribution in [2.45, 2.75) is 13.3 Å². The monoisotopic (exact) mass is 297 g/mol. The van der Waals surface area contributed by atoms with Crippen LogP contribution in [0.5, 0.6) is 0 Å². The van der Waals surface area contributed by atoms with E-state index in [1.807, 2.05) is 0 Å². The summed E-state index contributed by atoms with van der Waals surface area (Å²) in [6.07, 6.45) is 1.06. The minimum Gasteiger partial charge on any atom is -0.346 e. The molecule has 0 spiro atoms. The van der Waals surface area contributed by atoms with Crippen LogP contribution in [0.15, 0.2) is 35.5 Å². The van der Waals surface area contributed by atoms with Crippen molar-refractivity contribution in [1.82, 2.24) is 15.3 Å². The lowest BCUT2D eigenvalue weighted by atomic mass is 10.1. The van der Waals surface area contributed by atoms with Crippen molar-refractivity contribution in [3.63, 3.8) is 0 Å². The Kier molecular flexibility index (Phi) is 4.19. The van der Waals surface area contributed by atoms with Crippen molar-refractivity contribution >= 4 is 28.6 Å². The molecule has 0 bridgehead atoms. The van der Waals surface area contributed by atoms with Crippen molar-refractivity contribution < 1.29 is 8.78 Å². The predicted molar refractivity (Wildman–Crippen MR) is 73.1 cm³/mol. The van der Waals surface area contributed by atoms with Gasteiger partial charge in [0.05, 0.1) is 11.3 Å². The Labute approximate surface area is 118 Å². The number of nitrogens with one attached hydrogen (secondary N) is 2. The van der Waals surface area contributed by atoms with Crippen LogP contribution in [0.25, 0.3) is 5.57 Å². The number of nitrogens with zero attached hydrogens (tertiary/aromatic N) is 3. The van der Waals surface area contributed by atoms with Crippen LogP contribution in [-0.2, 0) is 0 Å². The van der Waals surface area contributed by atoms with Crippen LogP contribution in [0.2, 0.25) is 5.15 Å². The van der Waals surface area contributed by atoms with Gasteiger partial charge in [-0.15, -0.1) is 0 Å². The van der Waals surface area contributed by atoms with Crippen molar-refractivity contribution in [1.29, 1.82) is 5.41 Å². The molecule has 104 valence electrons. The van der Waals surface area contributed by atoms with E-state index in [2.05, 4.69) is 20.3 Å². The fraction of sp³-hybridized carbons (Fsp3) is 0.167. The van der Waals surface area contributed by atoms with Gasteiger partial charge in [0, 0.05) is 18.0 Å². The Bertz CT molecular complexity index is 636. The molecule has 2 heterocycles. The summed E-state index contributed by atoms with van der Waals surface area (Å²) < 4.78 is 25.4. The summed E-state index contributed by atoms with van der Waals surface area (Å²) in [7, 11) is 0. The van der Waals surface area contributed by atoms with E-state index < -0.39 is 6.43 Å². The van der Waals surface area contributed by atoms with Gasteiger partial charge in [0.15, 0.2) is 0 Å². The van der Waals surface area contributed by atoms with Crippen LogP contribution in [0, 0.1) is 5.41 Å². The molecule has 0 saturated heterocycles. The van der Waals surface area contributed by atoms with Gasteiger partial charge in [-0.2, -0.15) is 0 Å². The van der Waals surface area contributed by atoms with Gasteiger partial charge in [-0.25, -0.2) is 23.7 Å². The molecule has 1 aromatic rings. The van der Waals surface area contributed by atoms with Gasteiger partial charge in [0.1, 0.15) is 23.0 Å². The van der Waals surface area contributed by atoms with Crippen molar-refractivity contribution in [2.24, 2.45) is 4.99 Å². The summed E-state index contributed by atoms with van der Waals surface area (Å²) in [4.78, 5) is 11.5. The molecule has 0 fully saturated rings. The number of halogens is 3. The smallest absolute Gasteiger partial charge is 0.280 e. The molecule has 0 radical (unpaired) electrons. The van der Waals surface area contributed by atoms with Gasteiger partial charge >= 0.3 is 0 Å². The molecule has 5 nitrogen and oxygen atoms in total. The normalized spacial score (nSPS) is 16.8. The molecule has 0 saturated carbocycles. The third-order valence-electron chi connectivity index (χ3n) is 2.44. The Hall–Kier alpha value is -2.15.